The first-order valence-electron chi connectivity index (χ1n) is 3.16. The molecule has 0 amide bonds. The normalized spacial score (nSPS) is 9.82. The van der Waals surface area contributed by atoms with Crippen LogP contribution in [0.4, 0.5) is 0 Å². The van der Waals surface area contributed by atoms with Crippen molar-refractivity contribution in [2.45, 2.75) is 0 Å². The first-order chi connectivity index (χ1) is 5.47. The van der Waals surface area contributed by atoms with E-state index in [1.54, 1.807) is 12.4 Å². The van der Waals surface area contributed by atoms with Gasteiger partial charge in [-0.1, -0.05) is 6.07 Å². The largest absolute Gasteiger partial charge is 0.255 e. The van der Waals surface area contributed by atoms with Gasteiger partial charge in [0.05, 0.1) is 23.6 Å². The van der Waals surface area contributed by atoms with Crippen LogP contribution in [0.25, 0.3) is 11.4 Å². The van der Waals surface area contributed by atoms with Crippen molar-refractivity contribution in [3.8, 4) is 11.4 Å². The number of rotatable bonds is 1. The van der Waals surface area contributed by atoms with E-state index in [2.05, 4.69) is 13.7 Å². The lowest BCUT2D eigenvalue weighted by Gasteiger charge is -1.90. The predicted molar refractivity (Wildman–Crippen MR) is 43.1 cm³/mol. The molecule has 0 unspecified atom stereocenters. The van der Waals surface area contributed by atoms with Gasteiger partial charge in [-0.15, -0.1) is 0 Å². The van der Waals surface area contributed by atoms with E-state index in [9.17, 15) is 0 Å². The van der Waals surface area contributed by atoms with Crippen LogP contribution in [-0.4, -0.2) is 13.7 Å². The minimum absolute atomic E-state index is 0.843. The first kappa shape index (κ1) is 6.42. The Kier molecular flexibility index (Phi) is 1.61. The second-order valence-electron chi connectivity index (χ2n) is 2.01. The van der Waals surface area contributed by atoms with Crippen molar-refractivity contribution in [1.82, 2.24) is 13.7 Å². The summed E-state index contributed by atoms with van der Waals surface area (Å²) in [6, 6.07) is 5.72. The number of aromatic nitrogens is 3. The Morgan fingerprint density at radius 3 is 2.82 bits per heavy atom. The average Bonchev–Trinajstić information content (AvgIpc) is 2.58. The molecule has 0 N–H and O–H groups in total. The summed E-state index contributed by atoms with van der Waals surface area (Å²) in [5.74, 6) is 0. The summed E-state index contributed by atoms with van der Waals surface area (Å²) < 4.78 is 7.94. The number of pyridine rings is 1. The van der Waals surface area contributed by atoms with Crippen molar-refractivity contribution in [2.24, 2.45) is 0 Å². The van der Waals surface area contributed by atoms with Crippen molar-refractivity contribution in [3.05, 3.63) is 30.6 Å². The van der Waals surface area contributed by atoms with Crippen LogP contribution in [0.1, 0.15) is 0 Å². The van der Waals surface area contributed by atoms with Gasteiger partial charge in [0.25, 0.3) is 0 Å². The minimum Gasteiger partial charge on any atom is -0.255 e. The van der Waals surface area contributed by atoms with Crippen LogP contribution in [0.5, 0.6) is 0 Å². The molecule has 0 aliphatic heterocycles. The molecular weight excluding hydrogens is 158 g/mol. The van der Waals surface area contributed by atoms with Gasteiger partial charge in [-0.3, -0.25) is 4.98 Å². The Hall–Kier alpha value is -1.29. The standard InChI is InChI=1S/C7H5N3S/c1-2-4-8-6(3-1)7-5-9-11-10-7/h1-5H. The van der Waals surface area contributed by atoms with Gasteiger partial charge in [-0.2, -0.15) is 8.75 Å². The zero-order chi connectivity index (χ0) is 7.52. The average molecular weight is 163 g/mol. The third-order valence-electron chi connectivity index (χ3n) is 1.29. The van der Waals surface area contributed by atoms with Crippen LogP contribution in [-0.2, 0) is 0 Å². The Balaban J connectivity index is 2.46. The fourth-order valence-electron chi connectivity index (χ4n) is 0.792. The maximum atomic E-state index is 4.13. The molecule has 0 aliphatic rings. The zero-order valence-corrected chi connectivity index (χ0v) is 6.45. The highest BCUT2D eigenvalue weighted by molar-refractivity contribution is 6.99. The van der Waals surface area contributed by atoms with Crippen LogP contribution >= 0.6 is 11.7 Å². The minimum atomic E-state index is 0.843. The predicted octanol–water partition coefficient (Wildman–Crippen LogP) is 1.60. The molecule has 0 aliphatic carbocycles. The second-order valence-corrected chi connectivity index (χ2v) is 2.56. The molecule has 11 heavy (non-hydrogen) atoms. The van der Waals surface area contributed by atoms with Crippen LogP contribution in [0.15, 0.2) is 30.6 Å². The summed E-state index contributed by atoms with van der Waals surface area (Å²) in [6.07, 6.45) is 3.46. The van der Waals surface area contributed by atoms with Crippen molar-refractivity contribution in [1.29, 1.82) is 0 Å². The van der Waals surface area contributed by atoms with Crippen molar-refractivity contribution in [2.75, 3.05) is 0 Å². The smallest absolute Gasteiger partial charge is 0.122 e. The molecule has 3 nitrogen and oxygen atoms in total. The maximum absolute atomic E-state index is 4.13. The van der Waals surface area contributed by atoms with Crippen LogP contribution in [0.3, 0.4) is 0 Å². The molecule has 0 saturated heterocycles. The van der Waals surface area contributed by atoms with E-state index in [1.807, 2.05) is 18.2 Å². The third kappa shape index (κ3) is 1.25. The molecule has 2 aromatic heterocycles. The second kappa shape index (κ2) is 2.75. The summed E-state index contributed by atoms with van der Waals surface area (Å²) in [5.41, 5.74) is 1.72. The summed E-state index contributed by atoms with van der Waals surface area (Å²) >= 11 is 1.19. The Bertz CT molecular complexity index is 317. The monoisotopic (exact) mass is 163 g/mol. The van der Waals surface area contributed by atoms with E-state index in [0.717, 1.165) is 11.4 Å². The highest BCUT2D eigenvalue weighted by atomic mass is 32.1. The van der Waals surface area contributed by atoms with Crippen LogP contribution in [0.2, 0.25) is 0 Å². The molecule has 0 bridgehead atoms. The lowest BCUT2D eigenvalue weighted by molar-refractivity contribution is 1.30. The third-order valence-corrected chi connectivity index (χ3v) is 1.77. The van der Waals surface area contributed by atoms with Gasteiger partial charge >= 0.3 is 0 Å². The fraction of sp³-hybridized carbons (Fsp3) is 0. The maximum Gasteiger partial charge on any atom is 0.122 e. The van der Waals surface area contributed by atoms with E-state index in [4.69, 9.17) is 0 Å². The SMILES string of the molecule is c1ccc(-c2cnsn2)nc1. The Labute approximate surface area is 68.1 Å². The van der Waals surface area contributed by atoms with Gasteiger partial charge in [-0.25, -0.2) is 0 Å². The molecule has 0 spiro atoms. The van der Waals surface area contributed by atoms with Gasteiger partial charge < -0.3 is 0 Å². The molecule has 0 aromatic carbocycles. The Morgan fingerprint density at radius 2 is 2.18 bits per heavy atom. The topological polar surface area (TPSA) is 38.7 Å². The van der Waals surface area contributed by atoms with Crippen molar-refractivity contribution >= 4 is 11.7 Å². The van der Waals surface area contributed by atoms with Gasteiger partial charge in [0.1, 0.15) is 5.69 Å². The van der Waals surface area contributed by atoms with E-state index in [-0.39, 0.29) is 0 Å². The molecule has 0 saturated carbocycles. The summed E-state index contributed by atoms with van der Waals surface area (Å²) in [5, 5.41) is 0. The van der Waals surface area contributed by atoms with Gasteiger partial charge in [-0.05, 0) is 12.1 Å². The van der Waals surface area contributed by atoms with Gasteiger partial charge in [0.15, 0.2) is 0 Å². The van der Waals surface area contributed by atoms with Gasteiger partial charge in [0, 0.05) is 6.20 Å². The first-order valence-corrected chi connectivity index (χ1v) is 3.89. The molecule has 2 heterocycles. The van der Waals surface area contributed by atoms with E-state index in [1.165, 1.54) is 11.7 Å². The quantitative estimate of drug-likeness (QED) is 0.641. The molecule has 2 rings (SSSR count). The summed E-state index contributed by atoms with van der Waals surface area (Å²) in [7, 11) is 0. The lowest BCUT2D eigenvalue weighted by Crippen LogP contribution is -1.79. The number of hydrogen-bond acceptors (Lipinski definition) is 4. The highest BCUT2D eigenvalue weighted by Gasteiger charge is 1.98. The highest BCUT2D eigenvalue weighted by Crippen LogP contribution is 2.11. The van der Waals surface area contributed by atoms with Crippen LogP contribution < -0.4 is 0 Å². The van der Waals surface area contributed by atoms with Crippen molar-refractivity contribution in [3.63, 3.8) is 0 Å². The lowest BCUT2D eigenvalue weighted by atomic mass is 10.3. The summed E-state index contributed by atoms with van der Waals surface area (Å²) in [4.78, 5) is 4.13. The molecule has 0 radical (unpaired) electrons. The molecule has 0 fully saturated rings. The van der Waals surface area contributed by atoms with Gasteiger partial charge in [0.2, 0.25) is 0 Å². The molecule has 54 valence electrons. The van der Waals surface area contributed by atoms with Crippen LogP contribution in [0, 0.1) is 0 Å². The van der Waals surface area contributed by atoms with E-state index < -0.39 is 0 Å². The summed E-state index contributed by atoms with van der Waals surface area (Å²) in [6.45, 7) is 0. The zero-order valence-electron chi connectivity index (χ0n) is 5.64. The molecular formula is C7H5N3S. The number of nitrogens with zero attached hydrogens (tertiary/aromatic N) is 3. The van der Waals surface area contributed by atoms with E-state index in [0.29, 0.717) is 0 Å². The molecule has 0 atom stereocenters. The van der Waals surface area contributed by atoms with Crippen molar-refractivity contribution < 1.29 is 0 Å². The fourth-order valence-corrected chi connectivity index (χ4v) is 1.21. The molecule has 4 heteroatoms. The Morgan fingerprint density at radius 1 is 1.18 bits per heavy atom. The number of hydrogen-bond donors (Lipinski definition) is 0. The van der Waals surface area contributed by atoms with E-state index >= 15 is 0 Å². The molecule has 2 aromatic rings.